The van der Waals surface area contributed by atoms with Crippen LogP contribution in [0.4, 0.5) is 0 Å². The average molecular weight is 397 g/mol. The minimum atomic E-state index is 0. The van der Waals surface area contributed by atoms with E-state index < -0.39 is 0 Å². The smallest absolute Gasteiger partial charge is 0.283 e. The maximum absolute atomic E-state index is 9.35. The molecule has 0 saturated carbocycles. The summed E-state index contributed by atoms with van der Waals surface area (Å²) in [5.41, 5.74) is 2.29. The molecule has 2 rings (SSSR count). The Balaban J connectivity index is 0.00000128. The van der Waals surface area contributed by atoms with Crippen LogP contribution >= 0.6 is 15.9 Å². The number of aliphatic hydroxyl groups is 1. The lowest BCUT2D eigenvalue weighted by molar-refractivity contribution is -0.656. The maximum atomic E-state index is 9.35. The Kier molecular flexibility index (Phi) is 4.75. The largest absolute Gasteiger partial charge is 1.00 e. The number of fused-ring (bicyclic) bond motifs is 1. The first kappa shape index (κ1) is 13.9. The standard InChI is InChI=1S/C11H14BrN2O.HI/c1-3-14-10-6-8(12)4-5-9(10)13(2)11(14)7-15;/h4-6,15H,3,7H2,1-2H3;1H/q+1;/p-1. The molecule has 0 aliphatic carbocycles. The lowest BCUT2D eigenvalue weighted by atomic mass is 10.3. The molecule has 0 fully saturated rings. The number of aliphatic hydroxyl groups excluding tert-OH is 1. The van der Waals surface area contributed by atoms with Crippen molar-refractivity contribution in [3.63, 3.8) is 0 Å². The number of benzene rings is 1. The SMILES string of the molecule is CCn1c(CO)[n+](C)c2ccc(Br)cc21.[I-]. The number of hydrogen-bond acceptors (Lipinski definition) is 1. The van der Waals surface area contributed by atoms with E-state index in [1.807, 2.05) is 17.7 Å². The zero-order chi connectivity index (χ0) is 11.0. The van der Waals surface area contributed by atoms with E-state index in [-0.39, 0.29) is 30.6 Å². The lowest BCUT2D eigenvalue weighted by Crippen LogP contribution is -3.00. The summed E-state index contributed by atoms with van der Waals surface area (Å²) in [6, 6.07) is 6.16. The van der Waals surface area contributed by atoms with Crippen LogP contribution in [-0.4, -0.2) is 9.67 Å². The fourth-order valence-corrected chi connectivity index (χ4v) is 2.35. The molecule has 1 aromatic carbocycles. The molecule has 0 bridgehead atoms. The molecule has 0 atom stereocenters. The highest BCUT2D eigenvalue weighted by atomic mass is 127. The molecule has 0 unspecified atom stereocenters. The molecule has 5 heteroatoms. The highest BCUT2D eigenvalue weighted by Gasteiger charge is 2.20. The molecule has 0 aliphatic rings. The zero-order valence-electron chi connectivity index (χ0n) is 9.24. The van der Waals surface area contributed by atoms with Crippen LogP contribution in [-0.2, 0) is 20.2 Å². The number of aromatic nitrogens is 2. The van der Waals surface area contributed by atoms with Gasteiger partial charge in [0.2, 0.25) is 0 Å². The minimum absolute atomic E-state index is 0. The number of hydrogen-bond donors (Lipinski definition) is 1. The molecule has 3 nitrogen and oxygen atoms in total. The van der Waals surface area contributed by atoms with Gasteiger partial charge in [-0.25, -0.2) is 9.13 Å². The van der Waals surface area contributed by atoms with Crippen LogP contribution in [0.25, 0.3) is 11.0 Å². The molecular formula is C11H14BrIN2O. The van der Waals surface area contributed by atoms with Gasteiger partial charge in [-0.15, -0.1) is 0 Å². The highest BCUT2D eigenvalue weighted by molar-refractivity contribution is 9.10. The van der Waals surface area contributed by atoms with E-state index in [2.05, 4.69) is 39.6 Å². The van der Waals surface area contributed by atoms with Gasteiger partial charge in [-0.05, 0) is 19.1 Å². The Morgan fingerprint density at radius 1 is 1.44 bits per heavy atom. The monoisotopic (exact) mass is 396 g/mol. The second-order valence-electron chi connectivity index (χ2n) is 3.51. The lowest BCUT2D eigenvalue weighted by Gasteiger charge is -1.95. The van der Waals surface area contributed by atoms with Crippen LogP contribution in [0, 0.1) is 0 Å². The first-order valence-corrected chi connectivity index (χ1v) is 5.75. The van der Waals surface area contributed by atoms with E-state index in [0.29, 0.717) is 0 Å². The van der Waals surface area contributed by atoms with Crippen molar-refractivity contribution in [2.45, 2.75) is 20.1 Å². The van der Waals surface area contributed by atoms with Crippen molar-refractivity contribution in [2.75, 3.05) is 0 Å². The molecule has 1 aromatic heterocycles. The third kappa shape index (κ3) is 2.12. The third-order valence-electron chi connectivity index (χ3n) is 2.75. The van der Waals surface area contributed by atoms with Gasteiger partial charge in [0.25, 0.3) is 5.82 Å². The number of rotatable bonds is 2. The summed E-state index contributed by atoms with van der Waals surface area (Å²) in [4.78, 5) is 0. The molecule has 0 radical (unpaired) electrons. The molecule has 2 aromatic rings. The van der Waals surface area contributed by atoms with E-state index in [1.165, 1.54) is 0 Å². The number of imidazole rings is 1. The fraction of sp³-hybridized carbons (Fsp3) is 0.364. The second-order valence-corrected chi connectivity index (χ2v) is 4.43. The van der Waals surface area contributed by atoms with Crippen LogP contribution in [0.1, 0.15) is 12.7 Å². The van der Waals surface area contributed by atoms with Crippen LogP contribution in [0.15, 0.2) is 22.7 Å². The summed E-state index contributed by atoms with van der Waals surface area (Å²) in [6.45, 7) is 3.01. The van der Waals surface area contributed by atoms with Gasteiger partial charge < -0.3 is 29.1 Å². The van der Waals surface area contributed by atoms with E-state index in [9.17, 15) is 5.11 Å². The number of halogens is 2. The average Bonchev–Trinajstić information content (AvgIpc) is 2.50. The van der Waals surface area contributed by atoms with E-state index >= 15 is 0 Å². The molecular weight excluding hydrogens is 383 g/mol. The minimum Gasteiger partial charge on any atom is -1.00 e. The summed E-state index contributed by atoms with van der Waals surface area (Å²) in [5.74, 6) is 0.936. The maximum Gasteiger partial charge on any atom is 0.283 e. The van der Waals surface area contributed by atoms with Gasteiger partial charge in [0.05, 0.1) is 13.6 Å². The van der Waals surface area contributed by atoms with E-state index in [0.717, 1.165) is 27.9 Å². The molecule has 0 aliphatic heterocycles. The van der Waals surface area contributed by atoms with Gasteiger partial charge in [-0.1, -0.05) is 15.9 Å². The summed E-state index contributed by atoms with van der Waals surface area (Å²) in [7, 11) is 1.98. The molecule has 0 amide bonds. The Bertz CT molecular complexity index is 510. The van der Waals surface area contributed by atoms with Crippen molar-refractivity contribution in [2.24, 2.45) is 7.05 Å². The van der Waals surface area contributed by atoms with Crippen molar-refractivity contribution in [3.8, 4) is 0 Å². The van der Waals surface area contributed by atoms with Crippen molar-refractivity contribution < 1.29 is 33.7 Å². The predicted octanol–water partition coefficient (Wildman–Crippen LogP) is -1.26. The van der Waals surface area contributed by atoms with Gasteiger partial charge in [-0.2, -0.15) is 0 Å². The Hall–Kier alpha value is -0.140. The molecule has 0 saturated heterocycles. The predicted molar refractivity (Wildman–Crippen MR) is 62.4 cm³/mol. The van der Waals surface area contributed by atoms with Crippen LogP contribution in [0.5, 0.6) is 0 Å². The van der Waals surface area contributed by atoms with Gasteiger partial charge in [0.1, 0.15) is 6.61 Å². The Morgan fingerprint density at radius 2 is 2.12 bits per heavy atom. The van der Waals surface area contributed by atoms with Gasteiger partial charge in [0.15, 0.2) is 11.0 Å². The van der Waals surface area contributed by atoms with Crippen LogP contribution < -0.4 is 28.5 Å². The molecule has 88 valence electrons. The van der Waals surface area contributed by atoms with Gasteiger partial charge in [-0.3, -0.25) is 0 Å². The van der Waals surface area contributed by atoms with Crippen molar-refractivity contribution in [1.82, 2.24) is 4.57 Å². The first-order chi connectivity index (χ1) is 7.19. The highest BCUT2D eigenvalue weighted by Crippen LogP contribution is 2.19. The second kappa shape index (κ2) is 5.46. The number of aryl methyl sites for hydroxylation is 2. The van der Waals surface area contributed by atoms with E-state index in [4.69, 9.17) is 0 Å². The topological polar surface area (TPSA) is 29.0 Å². The summed E-state index contributed by atoms with van der Waals surface area (Å²) in [6.07, 6.45) is 0. The first-order valence-electron chi connectivity index (χ1n) is 4.96. The summed E-state index contributed by atoms with van der Waals surface area (Å²) >= 11 is 3.47. The third-order valence-corrected chi connectivity index (χ3v) is 3.24. The Labute approximate surface area is 120 Å². The molecule has 0 spiro atoms. The normalized spacial score (nSPS) is 10.5. The quantitative estimate of drug-likeness (QED) is 0.498. The van der Waals surface area contributed by atoms with Crippen molar-refractivity contribution in [3.05, 3.63) is 28.5 Å². The van der Waals surface area contributed by atoms with Crippen molar-refractivity contribution >= 4 is 27.0 Å². The van der Waals surface area contributed by atoms with Gasteiger partial charge >= 0.3 is 0 Å². The molecule has 1 heterocycles. The summed E-state index contributed by atoms with van der Waals surface area (Å²) < 4.78 is 5.22. The molecule has 1 N–H and O–H groups in total. The van der Waals surface area contributed by atoms with E-state index in [1.54, 1.807) is 0 Å². The zero-order valence-corrected chi connectivity index (χ0v) is 13.0. The molecule has 16 heavy (non-hydrogen) atoms. The fourth-order valence-electron chi connectivity index (χ4n) is 2.00. The van der Waals surface area contributed by atoms with Gasteiger partial charge in [0, 0.05) is 10.5 Å². The Morgan fingerprint density at radius 3 is 2.69 bits per heavy atom. The number of nitrogens with zero attached hydrogens (tertiary/aromatic N) is 2. The summed E-state index contributed by atoms with van der Waals surface area (Å²) in [5, 5.41) is 9.35. The van der Waals surface area contributed by atoms with Crippen LogP contribution in [0.3, 0.4) is 0 Å². The van der Waals surface area contributed by atoms with Crippen LogP contribution in [0.2, 0.25) is 0 Å². The van der Waals surface area contributed by atoms with Crippen molar-refractivity contribution in [1.29, 1.82) is 0 Å².